The van der Waals surface area contributed by atoms with Crippen LogP contribution in [0, 0.1) is 0 Å². The molecule has 1 heterocycles. The number of hydrogen-bond acceptors (Lipinski definition) is 3. The fraction of sp³-hybridized carbons (Fsp3) is 0.125. The molecule has 3 aromatic rings. The molecule has 0 bridgehead atoms. The van der Waals surface area contributed by atoms with Gasteiger partial charge in [-0.1, -0.05) is 30.3 Å². The minimum atomic E-state index is 0.587. The second kappa shape index (κ2) is 5.43. The van der Waals surface area contributed by atoms with Gasteiger partial charge in [-0.05, 0) is 34.5 Å². The maximum absolute atomic E-state index is 5.80. The van der Waals surface area contributed by atoms with Crippen LogP contribution >= 0.6 is 11.3 Å². The minimum Gasteiger partial charge on any atom is -0.489 e. The summed E-state index contributed by atoms with van der Waals surface area (Å²) in [6, 6.07) is 16.3. The highest BCUT2D eigenvalue weighted by atomic mass is 32.1. The molecule has 0 fully saturated rings. The first-order valence-electron chi connectivity index (χ1n) is 6.24. The Balaban J connectivity index is 1.82. The van der Waals surface area contributed by atoms with Crippen LogP contribution in [-0.2, 0) is 13.2 Å². The van der Waals surface area contributed by atoms with Crippen LogP contribution in [0.15, 0.2) is 53.9 Å². The molecule has 0 aliphatic carbocycles. The molecule has 0 atom stereocenters. The van der Waals surface area contributed by atoms with Crippen LogP contribution < -0.4 is 10.5 Å². The number of para-hydroxylation sites is 1. The smallest absolute Gasteiger partial charge is 0.119 e. The Morgan fingerprint density at radius 1 is 1.05 bits per heavy atom. The lowest BCUT2D eigenvalue weighted by atomic mass is 10.1. The summed E-state index contributed by atoms with van der Waals surface area (Å²) in [4.78, 5) is 0. The van der Waals surface area contributed by atoms with Gasteiger partial charge in [0.15, 0.2) is 0 Å². The number of nitrogens with two attached hydrogens (primary N) is 1. The molecule has 3 heteroatoms. The van der Waals surface area contributed by atoms with Crippen molar-refractivity contribution in [2.75, 3.05) is 0 Å². The Labute approximate surface area is 116 Å². The van der Waals surface area contributed by atoms with E-state index in [-0.39, 0.29) is 0 Å². The fourth-order valence-corrected chi connectivity index (χ4v) is 3.05. The molecule has 0 unspecified atom stereocenters. The van der Waals surface area contributed by atoms with Gasteiger partial charge < -0.3 is 10.5 Å². The summed E-state index contributed by atoms with van der Waals surface area (Å²) in [6.07, 6.45) is 0. The molecule has 0 spiro atoms. The summed E-state index contributed by atoms with van der Waals surface area (Å²) >= 11 is 1.74. The van der Waals surface area contributed by atoms with Crippen LogP contribution in [0.2, 0.25) is 0 Å². The SMILES string of the molecule is NCc1ccc2c(COc3ccccc3)csc2c1. The lowest BCUT2D eigenvalue weighted by Crippen LogP contribution is -1.96. The molecule has 0 saturated heterocycles. The van der Waals surface area contributed by atoms with Gasteiger partial charge in [0.25, 0.3) is 0 Å². The highest BCUT2D eigenvalue weighted by Gasteiger charge is 2.05. The molecule has 0 saturated carbocycles. The standard InChI is InChI=1S/C16H15NOS/c17-9-12-6-7-15-13(11-19-16(15)8-12)10-18-14-4-2-1-3-5-14/h1-8,11H,9-10,17H2. The third-order valence-electron chi connectivity index (χ3n) is 3.09. The van der Waals surface area contributed by atoms with Gasteiger partial charge in [0.2, 0.25) is 0 Å². The summed E-state index contributed by atoms with van der Waals surface area (Å²) in [6.45, 7) is 1.19. The Hall–Kier alpha value is -1.84. The Morgan fingerprint density at radius 3 is 2.68 bits per heavy atom. The molecule has 3 rings (SSSR count). The van der Waals surface area contributed by atoms with Crippen LogP contribution in [-0.4, -0.2) is 0 Å². The monoisotopic (exact) mass is 269 g/mol. The minimum absolute atomic E-state index is 0.587. The van der Waals surface area contributed by atoms with Crippen molar-refractivity contribution < 1.29 is 4.74 Å². The van der Waals surface area contributed by atoms with E-state index in [2.05, 4.69) is 23.6 Å². The Kier molecular flexibility index (Phi) is 3.49. The van der Waals surface area contributed by atoms with Crippen molar-refractivity contribution in [3.05, 3.63) is 65.0 Å². The number of benzene rings is 2. The number of fused-ring (bicyclic) bond motifs is 1. The molecule has 1 aromatic heterocycles. The first-order chi connectivity index (χ1) is 9.36. The third-order valence-corrected chi connectivity index (χ3v) is 4.09. The van der Waals surface area contributed by atoms with E-state index in [0.29, 0.717) is 13.2 Å². The van der Waals surface area contributed by atoms with Gasteiger partial charge in [-0.2, -0.15) is 0 Å². The first-order valence-corrected chi connectivity index (χ1v) is 7.12. The largest absolute Gasteiger partial charge is 0.489 e. The normalized spacial score (nSPS) is 10.8. The summed E-state index contributed by atoms with van der Waals surface area (Å²) < 4.78 is 7.07. The molecule has 0 radical (unpaired) electrons. The molecule has 2 nitrogen and oxygen atoms in total. The highest BCUT2D eigenvalue weighted by Crippen LogP contribution is 2.28. The van der Waals surface area contributed by atoms with E-state index in [1.807, 2.05) is 30.3 Å². The molecule has 2 N–H and O–H groups in total. The van der Waals surface area contributed by atoms with Gasteiger partial charge in [0.1, 0.15) is 12.4 Å². The van der Waals surface area contributed by atoms with Crippen molar-refractivity contribution in [2.45, 2.75) is 13.2 Å². The maximum atomic E-state index is 5.80. The number of ether oxygens (including phenoxy) is 1. The van der Waals surface area contributed by atoms with Crippen LogP contribution in [0.5, 0.6) is 5.75 Å². The van der Waals surface area contributed by atoms with Crippen LogP contribution in [0.25, 0.3) is 10.1 Å². The van der Waals surface area contributed by atoms with Crippen LogP contribution in [0.4, 0.5) is 0 Å². The van der Waals surface area contributed by atoms with Gasteiger partial charge in [0.05, 0.1) is 0 Å². The summed E-state index contributed by atoms with van der Waals surface area (Å²) in [5.74, 6) is 0.903. The molecular weight excluding hydrogens is 254 g/mol. The topological polar surface area (TPSA) is 35.2 Å². The molecule has 2 aromatic carbocycles. The highest BCUT2D eigenvalue weighted by molar-refractivity contribution is 7.17. The van der Waals surface area contributed by atoms with E-state index in [9.17, 15) is 0 Å². The van der Waals surface area contributed by atoms with Gasteiger partial charge in [-0.15, -0.1) is 11.3 Å². The number of rotatable bonds is 4. The predicted molar refractivity (Wildman–Crippen MR) is 80.5 cm³/mol. The van der Waals surface area contributed by atoms with Crippen LogP contribution in [0.1, 0.15) is 11.1 Å². The van der Waals surface area contributed by atoms with E-state index < -0.39 is 0 Å². The van der Waals surface area contributed by atoms with Gasteiger partial charge in [-0.25, -0.2) is 0 Å². The van der Waals surface area contributed by atoms with E-state index in [4.69, 9.17) is 10.5 Å². The van der Waals surface area contributed by atoms with Gasteiger partial charge in [-0.3, -0.25) is 0 Å². The maximum Gasteiger partial charge on any atom is 0.119 e. The van der Waals surface area contributed by atoms with Gasteiger partial charge >= 0.3 is 0 Å². The Morgan fingerprint density at radius 2 is 1.89 bits per heavy atom. The number of hydrogen-bond donors (Lipinski definition) is 1. The van der Waals surface area contributed by atoms with Crippen molar-refractivity contribution in [1.29, 1.82) is 0 Å². The molecule has 19 heavy (non-hydrogen) atoms. The zero-order valence-electron chi connectivity index (χ0n) is 10.5. The zero-order valence-corrected chi connectivity index (χ0v) is 11.3. The lowest BCUT2D eigenvalue weighted by Gasteiger charge is -2.05. The second-order valence-electron chi connectivity index (χ2n) is 4.40. The van der Waals surface area contributed by atoms with E-state index >= 15 is 0 Å². The first kappa shape index (κ1) is 12.2. The average Bonchev–Trinajstić information content (AvgIpc) is 2.88. The molecular formula is C16H15NOS. The van der Waals surface area contributed by atoms with Crippen LogP contribution in [0.3, 0.4) is 0 Å². The summed E-state index contributed by atoms with van der Waals surface area (Å²) in [7, 11) is 0. The summed E-state index contributed by atoms with van der Waals surface area (Å²) in [5, 5.41) is 3.42. The molecule has 0 aliphatic rings. The van der Waals surface area contributed by atoms with Crippen molar-refractivity contribution in [3.8, 4) is 5.75 Å². The zero-order chi connectivity index (χ0) is 13.1. The second-order valence-corrected chi connectivity index (χ2v) is 5.31. The quantitative estimate of drug-likeness (QED) is 0.778. The molecule has 0 amide bonds. The van der Waals surface area contributed by atoms with Crippen molar-refractivity contribution in [1.82, 2.24) is 0 Å². The predicted octanol–water partition coefficient (Wildman–Crippen LogP) is 3.94. The Bertz CT molecular complexity index is 676. The average molecular weight is 269 g/mol. The van der Waals surface area contributed by atoms with E-state index in [1.165, 1.54) is 21.2 Å². The summed E-state index contributed by atoms with van der Waals surface area (Å²) in [5.41, 5.74) is 8.06. The van der Waals surface area contributed by atoms with Gasteiger partial charge in [0, 0.05) is 16.8 Å². The van der Waals surface area contributed by atoms with E-state index in [1.54, 1.807) is 11.3 Å². The van der Waals surface area contributed by atoms with E-state index in [0.717, 1.165) is 5.75 Å². The number of thiophene rings is 1. The van der Waals surface area contributed by atoms with Crippen molar-refractivity contribution in [2.24, 2.45) is 5.73 Å². The van der Waals surface area contributed by atoms with Crippen molar-refractivity contribution in [3.63, 3.8) is 0 Å². The van der Waals surface area contributed by atoms with Crippen molar-refractivity contribution >= 4 is 21.4 Å². The fourth-order valence-electron chi connectivity index (χ4n) is 2.04. The molecule has 0 aliphatic heterocycles. The third kappa shape index (κ3) is 2.62. The lowest BCUT2D eigenvalue weighted by molar-refractivity contribution is 0.308. The molecule has 96 valence electrons.